The van der Waals surface area contributed by atoms with Gasteiger partial charge >= 0.3 is 0 Å². The lowest BCUT2D eigenvalue weighted by molar-refractivity contribution is 0.0922. The molecule has 7 heteroatoms. The maximum Gasteiger partial charge on any atom is 0.202 e. The Balaban J connectivity index is 2.06. The molecule has 2 aromatic rings. The van der Waals surface area contributed by atoms with Crippen LogP contribution in [0.15, 0.2) is 24.3 Å². The summed E-state index contributed by atoms with van der Waals surface area (Å²) in [6.45, 7) is -0.294. The molecule has 0 aliphatic heterocycles. The molecule has 20 heavy (non-hydrogen) atoms. The number of benzene rings is 1. The molecule has 1 heterocycles. The predicted octanol–water partition coefficient (Wildman–Crippen LogP) is 4.33. The third-order valence-corrected chi connectivity index (χ3v) is 3.88. The second-order valence-electron chi connectivity index (χ2n) is 3.70. The minimum Gasteiger partial charge on any atom is -0.485 e. The summed E-state index contributed by atoms with van der Waals surface area (Å²) in [5, 5.41) is 8.60. The van der Waals surface area contributed by atoms with Gasteiger partial charge in [-0.15, -0.1) is 11.3 Å². The van der Waals surface area contributed by atoms with Gasteiger partial charge in [-0.25, -0.2) is 4.39 Å². The van der Waals surface area contributed by atoms with Crippen molar-refractivity contribution in [2.75, 3.05) is 6.61 Å². The van der Waals surface area contributed by atoms with E-state index in [2.05, 4.69) is 0 Å². The Morgan fingerprint density at radius 3 is 2.70 bits per heavy atom. The van der Waals surface area contributed by atoms with Gasteiger partial charge in [-0.1, -0.05) is 23.2 Å². The maximum atomic E-state index is 13.3. The molecule has 1 aromatic heterocycles. The van der Waals surface area contributed by atoms with Gasteiger partial charge in [0.1, 0.15) is 22.0 Å². The summed E-state index contributed by atoms with van der Waals surface area (Å²) in [7, 11) is 0. The number of carbonyl (C=O) groups is 1. The highest BCUT2D eigenvalue weighted by molar-refractivity contribution is 7.20. The zero-order valence-corrected chi connectivity index (χ0v) is 12.2. The number of nitrogens with zero attached hydrogens (tertiary/aromatic N) is 1. The molecule has 2 rings (SSSR count). The van der Waals surface area contributed by atoms with Crippen molar-refractivity contribution in [2.45, 2.75) is 0 Å². The first kappa shape index (κ1) is 14.8. The number of rotatable bonds is 4. The van der Waals surface area contributed by atoms with E-state index in [1.54, 1.807) is 6.07 Å². The van der Waals surface area contributed by atoms with E-state index in [4.69, 9.17) is 33.2 Å². The lowest BCUT2D eigenvalue weighted by Gasteiger charge is -2.05. The van der Waals surface area contributed by atoms with E-state index in [9.17, 15) is 9.18 Å². The van der Waals surface area contributed by atoms with E-state index < -0.39 is 5.82 Å². The molecular weight excluding hydrogens is 324 g/mol. The molecule has 0 N–H and O–H groups in total. The van der Waals surface area contributed by atoms with Crippen molar-refractivity contribution in [1.82, 2.24) is 0 Å². The standard InChI is InChI=1S/C13H6Cl2FNO2S/c14-12-4-9(13(15)20-12)11(18)6-19-8-2-1-7(5-17)10(16)3-8/h1-4H,6H2. The molecule has 0 unspecified atom stereocenters. The number of nitriles is 1. The van der Waals surface area contributed by atoms with Crippen molar-refractivity contribution in [3.63, 3.8) is 0 Å². The van der Waals surface area contributed by atoms with Crippen LogP contribution in [0.1, 0.15) is 15.9 Å². The van der Waals surface area contributed by atoms with Crippen molar-refractivity contribution in [2.24, 2.45) is 0 Å². The molecule has 1 aromatic carbocycles. The Morgan fingerprint density at radius 1 is 1.40 bits per heavy atom. The van der Waals surface area contributed by atoms with Crippen molar-refractivity contribution < 1.29 is 13.9 Å². The Kier molecular flexibility index (Phi) is 4.61. The van der Waals surface area contributed by atoms with Gasteiger partial charge in [0, 0.05) is 6.07 Å². The molecule has 0 radical (unpaired) electrons. The second kappa shape index (κ2) is 6.23. The smallest absolute Gasteiger partial charge is 0.202 e. The topological polar surface area (TPSA) is 50.1 Å². The number of thiophene rings is 1. The highest BCUT2D eigenvalue weighted by Crippen LogP contribution is 2.31. The molecule has 0 atom stereocenters. The summed E-state index contributed by atoms with van der Waals surface area (Å²) >= 11 is 12.7. The number of ether oxygens (including phenoxy) is 1. The fraction of sp³-hybridized carbons (Fsp3) is 0.0769. The van der Waals surface area contributed by atoms with E-state index in [0.29, 0.717) is 4.34 Å². The van der Waals surface area contributed by atoms with Crippen molar-refractivity contribution >= 4 is 40.3 Å². The second-order valence-corrected chi connectivity index (χ2v) is 5.99. The molecule has 0 aliphatic rings. The highest BCUT2D eigenvalue weighted by atomic mass is 35.5. The molecule has 0 spiro atoms. The Bertz CT molecular complexity index is 709. The number of Topliss-reactive ketones (excluding diaryl/α,β-unsaturated/α-hetero) is 1. The first-order valence-electron chi connectivity index (χ1n) is 5.31. The van der Waals surface area contributed by atoms with Crippen molar-refractivity contribution in [3.05, 3.63) is 49.9 Å². The minimum absolute atomic E-state index is 0.0867. The maximum absolute atomic E-state index is 13.3. The van der Waals surface area contributed by atoms with Crippen LogP contribution in [0.25, 0.3) is 0 Å². The summed E-state index contributed by atoms with van der Waals surface area (Å²) in [5.74, 6) is -0.899. The summed E-state index contributed by atoms with van der Waals surface area (Å²) in [6, 6.07) is 6.90. The normalized spacial score (nSPS) is 10.1. The van der Waals surface area contributed by atoms with Gasteiger partial charge < -0.3 is 4.74 Å². The molecule has 102 valence electrons. The van der Waals surface area contributed by atoms with Crippen LogP contribution in [0.3, 0.4) is 0 Å². The number of hydrogen-bond acceptors (Lipinski definition) is 4. The number of hydrogen-bond donors (Lipinski definition) is 0. The van der Waals surface area contributed by atoms with Gasteiger partial charge in [0.25, 0.3) is 0 Å². The van der Waals surface area contributed by atoms with Crippen LogP contribution in [0.5, 0.6) is 5.75 Å². The van der Waals surface area contributed by atoms with E-state index in [1.807, 2.05) is 0 Å². The summed E-state index contributed by atoms with van der Waals surface area (Å²) in [4.78, 5) is 11.9. The van der Waals surface area contributed by atoms with E-state index >= 15 is 0 Å². The average molecular weight is 330 g/mol. The van der Waals surface area contributed by atoms with Crippen molar-refractivity contribution in [1.29, 1.82) is 5.26 Å². The third kappa shape index (κ3) is 3.28. The van der Waals surface area contributed by atoms with Crippen LogP contribution in [0, 0.1) is 17.1 Å². The lowest BCUT2D eigenvalue weighted by Crippen LogP contribution is -2.11. The van der Waals surface area contributed by atoms with Crippen LogP contribution in [-0.2, 0) is 0 Å². The van der Waals surface area contributed by atoms with Gasteiger partial charge in [0.05, 0.1) is 15.5 Å². The van der Waals surface area contributed by atoms with Crippen LogP contribution in [0.4, 0.5) is 4.39 Å². The van der Waals surface area contributed by atoms with Crippen LogP contribution in [0.2, 0.25) is 8.67 Å². The molecule has 0 saturated carbocycles. The molecule has 0 saturated heterocycles. The number of halogens is 3. The number of carbonyl (C=O) groups excluding carboxylic acids is 1. The average Bonchev–Trinajstić information content (AvgIpc) is 2.75. The fourth-order valence-electron chi connectivity index (χ4n) is 1.43. The van der Waals surface area contributed by atoms with Gasteiger partial charge in [0.2, 0.25) is 5.78 Å². The van der Waals surface area contributed by atoms with E-state index in [0.717, 1.165) is 17.4 Å². The van der Waals surface area contributed by atoms with Crippen LogP contribution in [-0.4, -0.2) is 12.4 Å². The molecule has 0 fully saturated rings. The molecular formula is C13H6Cl2FNO2S. The first-order valence-corrected chi connectivity index (χ1v) is 6.89. The quantitative estimate of drug-likeness (QED) is 0.784. The molecule has 3 nitrogen and oxygen atoms in total. The van der Waals surface area contributed by atoms with E-state index in [1.165, 1.54) is 18.2 Å². The monoisotopic (exact) mass is 329 g/mol. The predicted molar refractivity (Wildman–Crippen MR) is 75.3 cm³/mol. The number of ketones is 1. The van der Waals surface area contributed by atoms with Gasteiger partial charge in [-0.2, -0.15) is 5.26 Å². The summed E-state index contributed by atoms with van der Waals surface area (Å²) in [6.07, 6.45) is 0. The van der Waals surface area contributed by atoms with Crippen LogP contribution >= 0.6 is 34.5 Å². The summed E-state index contributed by atoms with van der Waals surface area (Å²) in [5.41, 5.74) is 0.187. The highest BCUT2D eigenvalue weighted by Gasteiger charge is 2.15. The van der Waals surface area contributed by atoms with Crippen LogP contribution < -0.4 is 4.74 Å². The van der Waals surface area contributed by atoms with Gasteiger partial charge in [0.15, 0.2) is 6.61 Å². The molecule has 0 amide bonds. The Morgan fingerprint density at radius 2 is 2.15 bits per heavy atom. The SMILES string of the molecule is N#Cc1ccc(OCC(=O)c2cc(Cl)sc2Cl)cc1F. The minimum atomic E-state index is -0.700. The molecule has 0 aliphatic carbocycles. The largest absolute Gasteiger partial charge is 0.485 e. The Labute approximate surface area is 128 Å². The first-order chi connectivity index (χ1) is 9.51. The zero-order valence-electron chi connectivity index (χ0n) is 9.82. The Hall–Kier alpha value is -1.61. The summed E-state index contributed by atoms with van der Waals surface area (Å²) < 4.78 is 19.2. The molecule has 0 bridgehead atoms. The fourth-order valence-corrected chi connectivity index (χ4v) is 2.93. The third-order valence-electron chi connectivity index (χ3n) is 2.39. The van der Waals surface area contributed by atoms with Gasteiger partial charge in [-0.05, 0) is 18.2 Å². The van der Waals surface area contributed by atoms with Crippen molar-refractivity contribution in [3.8, 4) is 11.8 Å². The van der Waals surface area contributed by atoms with Gasteiger partial charge in [-0.3, -0.25) is 4.79 Å². The lowest BCUT2D eigenvalue weighted by atomic mass is 10.2. The zero-order chi connectivity index (χ0) is 14.7. The van der Waals surface area contributed by atoms with E-state index in [-0.39, 0.29) is 33.6 Å².